The van der Waals surface area contributed by atoms with E-state index in [4.69, 9.17) is 4.74 Å². The van der Waals surface area contributed by atoms with E-state index in [-0.39, 0.29) is 5.54 Å². The van der Waals surface area contributed by atoms with Gasteiger partial charge >= 0.3 is 0 Å². The lowest BCUT2D eigenvalue weighted by Crippen LogP contribution is -2.39. The molecule has 4 nitrogen and oxygen atoms in total. The zero-order valence-corrected chi connectivity index (χ0v) is 16.4. The zero-order valence-electron chi connectivity index (χ0n) is 15.5. The lowest BCUT2D eigenvalue weighted by Gasteiger charge is -2.47. The summed E-state index contributed by atoms with van der Waals surface area (Å²) < 4.78 is 13.7. The van der Waals surface area contributed by atoms with Crippen molar-refractivity contribution in [2.24, 2.45) is 4.74 Å². The minimum absolute atomic E-state index is 0.0272. The Morgan fingerprint density at radius 3 is 1.77 bits per heavy atom. The van der Waals surface area contributed by atoms with Crippen molar-refractivity contribution in [2.75, 3.05) is 39.8 Å². The van der Waals surface area contributed by atoms with Gasteiger partial charge < -0.3 is 0 Å². The van der Waals surface area contributed by atoms with Crippen molar-refractivity contribution in [2.45, 2.75) is 71.8 Å². The summed E-state index contributed by atoms with van der Waals surface area (Å²) in [6, 6.07) is 0. The molecule has 0 aromatic heterocycles. The Hall–Kier alpha value is 0.110. The molecule has 2 aliphatic rings. The topological polar surface area (TPSA) is 22.1 Å². The van der Waals surface area contributed by atoms with Crippen molar-refractivity contribution in [3.8, 4) is 0 Å². The van der Waals surface area contributed by atoms with Crippen molar-refractivity contribution in [1.29, 1.82) is 0 Å². The average Bonchev–Trinajstić information content (AvgIpc) is 3.13. The SMILES string of the molecule is CCCCN(C)P(=NC(C)(C)C)(N1CCCC1)N1CCCC1. The zero-order chi connectivity index (χ0) is 16.2. The molecule has 0 atom stereocenters. The maximum Gasteiger partial charge on any atom is 0.168 e. The van der Waals surface area contributed by atoms with Gasteiger partial charge in [-0.15, -0.1) is 0 Å². The van der Waals surface area contributed by atoms with Gasteiger partial charge in [0.05, 0.1) is 5.54 Å². The molecule has 0 amide bonds. The molecule has 0 aliphatic carbocycles. The van der Waals surface area contributed by atoms with E-state index in [1.807, 2.05) is 0 Å². The summed E-state index contributed by atoms with van der Waals surface area (Å²) in [6.07, 6.45) is 7.92. The van der Waals surface area contributed by atoms with Crippen LogP contribution in [0.5, 0.6) is 0 Å². The number of hydrogen-bond acceptors (Lipinski definition) is 1. The van der Waals surface area contributed by atoms with E-state index in [1.165, 1.54) is 71.2 Å². The van der Waals surface area contributed by atoms with Gasteiger partial charge in [-0.3, -0.25) is 4.74 Å². The van der Waals surface area contributed by atoms with Gasteiger partial charge in [0.2, 0.25) is 0 Å². The minimum atomic E-state index is -1.71. The predicted octanol–water partition coefficient (Wildman–Crippen LogP) is 4.65. The van der Waals surface area contributed by atoms with Crippen LogP contribution >= 0.6 is 7.51 Å². The Morgan fingerprint density at radius 2 is 1.41 bits per heavy atom. The van der Waals surface area contributed by atoms with E-state index in [0.29, 0.717) is 0 Å². The highest BCUT2D eigenvalue weighted by molar-refractivity contribution is 7.59. The molecule has 5 heteroatoms. The Bertz CT molecular complexity index is 370. The average molecular weight is 328 g/mol. The van der Waals surface area contributed by atoms with Crippen molar-refractivity contribution in [3.63, 3.8) is 0 Å². The van der Waals surface area contributed by atoms with Gasteiger partial charge in [-0.05, 0) is 59.9 Å². The Balaban J connectivity index is 2.44. The molecule has 2 rings (SSSR count). The van der Waals surface area contributed by atoms with E-state index in [0.717, 1.165) is 0 Å². The van der Waals surface area contributed by atoms with Crippen LogP contribution in [0, 0.1) is 0 Å². The van der Waals surface area contributed by atoms with E-state index in [2.05, 4.69) is 48.8 Å². The van der Waals surface area contributed by atoms with Crippen molar-refractivity contribution in [3.05, 3.63) is 0 Å². The first-order valence-electron chi connectivity index (χ1n) is 9.26. The molecule has 2 heterocycles. The fourth-order valence-electron chi connectivity index (χ4n) is 3.67. The second-order valence-electron chi connectivity index (χ2n) is 7.86. The van der Waals surface area contributed by atoms with Crippen LogP contribution in [-0.4, -0.2) is 59.3 Å². The molecule has 0 unspecified atom stereocenters. The maximum absolute atomic E-state index is 5.55. The fourth-order valence-corrected chi connectivity index (χ4v) is 8.16. The molecule has 22 heavy (non-hydrogen) atoms. The molecule has 0 bridgehead atoms. The van der Waals surface area contributed by atoms with Crippen LogP contribution in [0.1, 0.15) is 66.2 Å². The summed E-state index contributed by atoms with van der Waals surface area (Å²) in [6.45, 7) is 15.3. The first-order chi connectivity index (χ1) is 10.4. The summed E-state index contributed by atoms with van der Waals surface area (Å²) in [5, 5.41) is 0. The molecule has 0 radical (unpaired) electrons. The third-order valence-corrected chi connectivity index (χ3v) is 8.95. The number of unbranched alkanes of at least 4 members (excludes halogenated alkanes) is 1. The summed E-state index contributed by atoms with van der Waals surface area (Å²) in [5.74, 6) is 0. The van der Waals surface area contributed by atoms with Gasteiger partial charge in [0, 0.05) is 32.7 Å². The summed E-state index contributed by atoms with van der Waals surface area (Å²) in [5.41, 5.74) is 0.0272. The lowest BCUT2D eigenvalue weighted by molar-refractivity contribution is 0.368. The van der Waals surface area contributed by atoms with Crippen molar-refractivity contribution < 1.29 is 0 Å². The Kier molecular flexibility index (Phi) is 6.53. The van der Waals surface area contributed by atoms with Gasteiger partial charge in [-0.1, -0.05) is 13.3 Å². The Morgan fingerprint density at radius 1 is 0.955 bits per heavy atom. The maximum atomic E-state index is 5.55. The molecular weight excluding hydrogens is 291 g/mol. The molecule has 0 spiro atoms. The third-order valence-electron chi connectivity index (χ3n) is 4.65. The van der Waals surface area contributed by atoms with Crippen LogP contribution in [0.4, 0.5) is 0 Å². The summed E-state index contributed by atoms with van der Waals surface area (Å²) in [4.78, 5) is 0. The highest BCUT2D eigenvalue weighted by Crippen LogP contribution is 2.62. The number of hydrogen-bond donors (Lipinski definition) is 0. The van der Waals surface area contributed by atoms with Gasteiger partial charge in [0.15, 0.2) is 7.51 Å². The standard InChI is InChI=1S/C17H37N4P/c1-6-7-12-19(5)22(18-17(2,3)4,20-13-8-9-14-20)21-15-10-11-16-21/h6-16H2,1-5H3. The van der Waals surface area contributed by atoms with Gasteiger partial charge in [0.25, 0.3) is 0 Å². The largest absolute Gasteiger partial charge is 0.255 e. The quantitative estimate of drug-likeness (QED) is 0.662. The normalized spacial score (nSPS) is 21.9. The second-order valence-corrected chi connectivity index (χ2v) is 11.0. The fraction of sp³-hybridized carbons (Fsp3) is 1.00. The highest BCUT2D eigenvalue weighted by atomic mass is 31.2. The smallest absolute Gasteiger partial charge is 0.168 e. The minimum Gasteiger partial charge on any atom is -0.255 e. The molecule has 2 saturated heterocycles. The second kappa shape index (κ2) is 7.79. The van der Waals surface area contributed by atoms with Crippen LogP contribution in [0.25, 0.3) is 0 Å². The first-order valence-corrected chi connectivity index (χ1v) is 10.9. The van der Waals surface area contributed by atoms with E-state index in [9.17, 15) is 0 Å². The molecule has 0 N–H and O–H groups in total. The molecule has 0 aromatic rings. The van der Waals surface area contributed by atoms with E-state index < -0.39 is 7.51 Å². The summed E-state index contributed by atoms with van der Waals surface area (Å²) in [7, 11) is 0.634. The van der Waals surface area contributed by atoms with Crippen LogP contribution in [0.15, 0.2) is 4.74 Å². The Labute approximate surface area is 138 Å². The van der Waals surface area contributed by atoms with Crippen LogP contribution in [0.3, 0.4) is 0 Å². The monoisotopic (exact) mass is 328 g/mol. The van der Waals surface area contributed by atoms with E-state index in [1.54, 1.807) is 0 Å². The highest BCUT2D eigenvalue weighted by Gasteiger charge is 2.41. The number of nitrogens with zero attached hydrogens (tertiary/aromatic N) is 4. The molecule has 2 aliphatic heterocycles. The molecule has 0 saturated carbocycles. The lowest BCUT2D eigenvalue weighted by atomic mass is 10.1. The van der Waals surface area contributed by atoms with Crippen LogP contribution < -0.4 is 0 Å². The third kappa shape index (κ3) is 4.14. The van der Waals surface area contributed by atoms with Crippen LogP contribution in [-0.2, 0) is 0 Å². The molecular formula is C17H37N4P. The molecule has 2 fully saturated rings. The van der Waals surface area contributed by atoms with Gasteiger partial charge in [-0.2, -0.15) is 0 Å². The van der Waals surface area contributed by atoms with Crippen molar-refractivity contribution >= 4 is 7.51 Å². The van der Waals surface area contributed by atoms with Crippen LogP contribution in [0.2, 0.25) is 0 Å². The van der Waals surface area contributed by atoms with Gasteiger partial charge in [-0.25, -0.2) is 14.0 Å². The molecule has 0 aromatic carbocycles. The van der Waals surface area contributed by atoms with Gasteiger partial charge in [0.1, 0.15) is 0 Å². The van der Waals surface area contributed by atoms with Crippen molar-refractivity contribution in [1.82, 2.24) is 14.0 Å². The summed E-state index contributed by atoms with van der Waals surface area (Å²) >= 11 is 0. The number of rotatable bonds is 6. The first kappa shape index (κ1) is 18.4. The van der Waals surface area contributed by atoms with E-state index >= 15 is 0 Å². The predicted molar refractivity (Wildman–Crippen MR) is 98.3 cm³/mol. The molecule has 130 valence electrons.